The zero-order valence-electron chi connectivity index (χ0n) is 46.3. The van der Waals surface area contributed by atoms with Crippen LogP contribution >= 0.6 is 0 Å². The number of sulfonamides is 2. The lowest BCUT2D eigenvalue weighted by Gasteiger charge is -2.20. The van der Waals surface area contributed by atoms with Crippen molar-refractivity contribution < 1.29 is 65.5 Å². The Morgan fingerprint density at radius 3 is 1.29 bits per heavy atom. The Balaban J connectivity index is 0.000000430. The van der Waals surface area contributed by atoms with Gasteiger partial charge in [-0.2, -0.15) is 0 Å². The molecular weight excluding hydrogens is 1050 g/mol. The van der Waals surface area contributed by atoms with Gasteiger partial charge in [-0.1, -0.05) is 117 Å². The number of aliphatic hydroxyl groups excluding tert-OH is 4. The average Bonchev–Trinajstić information content (AvgIpc) is 3.38. The van der Waals surface area contributed by atoms with E-state index in [2.05, 4.69) is 26.9 Å². The van der Waals surface area contributed by atoms with Crippen molar-refractivity contribution in [2.75, 3.05) is 41.8 Å². The molecule has 0 bridgehead atoms. The van der Waals surface area contributed by atoms with Crippen molar-refractivity contribution in [2.45, 2.75) is 161 Å². The first-order chi connectivity index (χ1) is 36.6. The van der Waals surface area contributed by atoms with Gasteiger partial charge in [0.05, 0.1) is 79.2 Å². The molecule has 0 saturated heterocycles. The van der Waals surface area contributed by atoms with Crippen LogP contribution in [0, 0.1) is 11.6 Å². The van der Waals surface area contributed by atoms with Gasteiger partial charge in [0, 0.05) is 49.2 Å². The minimum absolute atomic E-state index is 0.0371. The van der Waals surface area contributed by atoms with Crippen molar-refractivity contribution in [1.29, 1.82) is 0 Å². The maximum absolute atomic E-state index is 13.7. The highest BCUT2D eigenvalue weighted by molar-refractivity contribution is 7.92. The lowest BCUT2D eigenvalue weighted by molar-refractivity contribution is -0.146. The minimum Gasteiger partial charge on any atom is -0.481 e. The fourth-order valence-corrected chi connectivity index (χ4v) is 8.67. The summed E-state index contributed by atoms with van der Waals surface area (Å²) >= 11 is 0. The van der Waals surface area contributed by atoms with Crippen LogP contribution in [0.3, 0.4) is 0 Å². The minimum atomic E-state index is -3.66. The number of carbonyl (C=O) groups is 2. The number of aromatic nitrogens is 4. The maximum Gasteiger partial charge on any atom is 0.308 e. The fourth-order valence-electron chi connectivity index (χ4n) is 7.92. The highest BCUT2D eigenvalue weighted by atomic mass is 32.2. The number of rotatable bonds is 31. The van der Waals surface area contributed by atoms with Gasteiger partial charge in [0.25, 0.3) is 0 Å². The number of ether oxygens (including phenoxy) is 1. The van der Waals surface area contributed by atoms with E-state index in [1.165, 1.54) is 126 Å². The Morgan fingerprint density at radius 1 is 0.590 bits per heavy atom. The standard InChI is InChI=1S/C34H52FN3O6S.C22H28FN3O6S/c1-6-7-8-9-10-11-12-13-14-15-22-44-31(41)24-29(40)23-28(39)20-21-30-32(25(2)3)36-34(38(4)45(5,42)43)37-33(30)26-16-18-27(35)19-17-26;1-13(2)20-18(10-9-16(27)11-17(28)12-19(29)30)21(14-5-7-15(23)8-6-14)25-22(24-20)26(3)33(4,31)32/h16-21,25,28-29,39-40H,6-15,22-24H2,1-5H3;5-10,13,16-17,27-28H,11-12H2,1-4H3,(H,29,30)/b21-20+;10-9+/t28-,29-;16-,17-/m11/s1. The first kappa shape index (κ1) is 66.5. The second-order valence-corrected chi connectivity index (χ2v) is 24.0. The molecular formula is C56H80F2N6O12S2. The molecule has 0 aliphatic carbocycles. The summed E-state index contributed by atoms with van der Waals surface area (Å²) < 4.78 is 83.0. The van der Waals surface area contributed by atoms with Crippen LogP contribution in [0.4, 0.5) is 20.7 Å². The number of carboxylic acids is 1. The Kier molecular flexibility index (Phi) is 27.6. The second kappa shape index (κ2) is 32.3. The van der Waals surface area contributed by atoms with Crippen molar-refractivity contribution in [3.05, 3.63) is 94.8 Å². The summed E-state index contributed by atoms with van der Waals surface area (Å²) in [6.07, 6.45) is 14.3. The van der Waals surface area contributed by atoms with Crippen molar-refractivity contribution in [3.63, 3.8) is 0 Å². The quantitative estimate of drug-likeness (QED) is 0.0232. The van der Waals surface area contributed by atoms with Crippen molar-refractivity contribution in [1.82, 2.24) is 19.9 Å². The molecule has 0 aliphatic heterocycles. The number of aliphatic carboxylic acids is 1. The number of hydrogen-bond donors (Lipinski definition) is 5. The van der Waals surface area contributed by atoms with Crippen LogP contribution in [-0.4, -0.2) is 132 Å². The maximum atomic E-state index is 13.7. The Bertz CT molecular complexity index is 2820. The van der Waals surface area contributed by atoms with E-state index >= 15 is 0 Å². The number of hydrogen-bond acceptors (Lipinski definition) is 15. The fraction of sp³-hybridized carbons (Fsp3) is 0.536. The Hall–Kier alpha value is -5.78. The highest BCUT2D eigenvalue weighted by Gasteiger charge is 2.25. The van der Waals surface area contributed by atoms with Crippen LogP contribution in [0.15, 0.2) is 60.7 Å². The topological polar surface area (TPSA) is 271 Å². The smallest absolute Gasteiger partial charge is 0.308 e. The van der Waals surface area contributed by atoms with Gasteiger partial charge in [0.2, 0.25) is 31.9 Å². The van der Waals surface area contributed by atoms with E-state index in [9.17, 15) is 55.6 Å². The summed E-state index contributed by atoms with van der Waals surface area (Å²) in [5.41, 5.74) is 3.74. The zero-order valence-corrected chi connectivity index (χ0v) is 48.0. The van der Waals surface area contributed by atoms with Crippen LogP contribution < -0.4 is 8.61 Å². The van der Waals surface area contributed by atoms with Crippen molar-refractivity contribution in [3.8, 4) is 22.5 Å². The van der Waals surface area contributed by atoms with Crippen LogP contribution in [0.5, 0.6) is 0 Å². The lowest BCUT2D eigenvalue weighted by atomic mass is 9.97. The van der Waals surface area contributed by atoms with Gasteiger partial charge in [-0.15, -0.1) is 0 Å². The van der Waals surface area contributed by atoms with E-state index in [1.807, 2.05) is 27.7 Å². The predicted molar refractivity (Wildman–Crippen MR) is 301 cm³/mol. The number of carbonyl (C=O) groups excluding carboxylic acids is 1. The molecule has 22 heteroatoms. The van der Waals surface area contributed by atoms with Gasteiger partial charge in [-0.05, 0) is 66.8 Å². The molecule has 5 N–H and O–H groups in total. The molecule has 0 saturated carbocycles. The van der Waals surface area contributed by atoms with E-state index in [0.29, 0.717) is 51.6 Å². The third-order valence-corrected chi connectivity index (χ3v) is 14.7. The molecule has 78 heavy (non-hydrogen) atoms. The summed E-state index contributed by atoms with van der Waals surface area (Å²) in [6.45, 7) is 10.0. The summed E-state index contributed by atoms with van der Waals surface area (Å²) in [7, 11) is -4.63. The van der Waals surface area contributed by atoms with Crippen molar-refractivity contribution in [2.24, 2.45) is 0 Å². The van der Waals surface area contributed by atoms with Gasteiger partial charge in [-0.25, -0.2) is 54.2 Å². The SMILES string of the molecule is CC(C)c1nc(N(C)S(C)(=O)=O)nc(-c2ccc(F)cc2)c1/C=C/[C@@H](O)C[C@@H](O)CC(=O)O.CCCCCCCCCCCCOC(=O)C[C@H](O)C[C@H](O)/C=C/c1c(-c2ccc(F)cc2)nc(N(C)S(C)(=O)=O)nc1C(C)C. The van der Waals surface area contributed by atoms with E-state index in [0.717, 1.165) is 40.4 Å². The number of anilines is 2. The molecule has 0 spiro atoms. The van der Waals surface area contributed by atoms with Crippen LogP contribution in [0.2, 0.25) is 0 Å². The molecule has 4 rings (SSSR count). The van der Waals surface area contributed by atoms with E-state index in [4.69, 9.17) is 9.84 Å². The largest absolute Gasteiger partial charge is 0.481 e. The molecule has 0 aliphatic rings. The lowest BCUT2D eigenvalue weighted by Crippen LogP contribution is -2.27. The van der Waals surface area contributed by atoms with Gasteiger partial charge in [-0.3, -0.25) is 9.59 Å². The molecule has 2 heterocycles. The monoisotopic (exact) mass is 1130 g/mol. The Morgan fingerprint density at radius 2 is 0.949 bits per heavy atom. The molecule has 2 aromatic carbocycles. The second-order valence-electron chi connectivity index (χ2n) is 20.0. The third kappa shape index (κ3) is 22.9. The van der Waals surface area contributed by atoms with Crippen LogP contribution in [-0.2, 0) is 34.4 Å². The number of carboxylic acid groups (broad SMARTS) is 1. The zero-order chi connectivity index (χ0) is 58.3. The van der Waals surface area contributed by atoms with Crippen LogP contribution in [0.25, 0.3) is 34.7 Å². The summed E-state index contributed by atoms with van der Waals surface area (Å²) in [6, 6.07) is 11.1. The van der Waals surface area contributed by atoms with E-state index in [1.54, 1.807) is 6.08 Å². The number of unbranched alkanes of at least 4 members (excludes halogenated alkanes) is 9. The molecule has 4 aromatic rings. The van der Waals surface area contributed by atoms with Crippen LogP contribution in [0.1, 0.15) is 159 Å². The van der Waals surface area contributed by atoms with Gasteiger partial charge < -0.3 is 30.3 Å². The first-order valence-corrected chi connectivity index (χ1v) is 30.0. The summed E-state index contributed by atoms with van der Waals surface area (Å²) in [5, 5.41) is 49.9. The number of aliphatic hydroxyl groups is 4. The number of halogens is 2. The highest BCUT2D eigenvalue weighted by Crippen LogP contribution is 2.34. The summed E-state index contributed by atoms with van der Waals surface area (Å²) in [5.74, 6) is -3.01. The summed E-state index contributed by atoms with van der Waals surface area (Å²) in [4.78, 5) is 40.8. The molecule has 18 nitrogen and oxygen atoms in total. The molecule has 2 aromatic heterocycles. The molecule has 0 unspecified atom stereocenters. The number of benzene rings is 2. The third-order valence-electron chi connectivity index (χ3n) is 12.4. The van der Waals surface area contributed by atoms with Gasteiger partial charge in [0.1, 0.15) is 11.6 Å². The molecule has 0 radical (unpaired) electrons. The van der Waals surface area contributed by atoms with Crippen molar-refractivity contribution >= 4 is 56.0 Å². The number of esters is 1. The molecule has 0 amide bonds. The van der Waals surface area contributed by atoms with Gasteiger partial charge >= 0.3 is 11.9 Å². The van der Waals surface area contributed by atoms with Gasteiger partial charge in [0.15, 0.2) is 0 Å². The van der Waals surface area contributed by atoms with E-state index < -0.39 is 74.5 Å². The normalized spacial score (nSPS) is 13.6. The number of nitrogens with zero attached hydrogens (tertiary/aromatic N) is 6. The first-order valence-electron chi connectivity index (χ1n) is 26.3. The average molecular weight is 1130 g/mol. The molecule has 0 fully saturated rings. The molecule has 432 valence electrons. The van der Waals surface area contributed by atoms with E-state index in [-0.39, 0.29) is 43.0 Å². The molecule has 4 atom stereocenters. The Labute approximate surface area is 459 Å². The predicted octanol–water partition coefficient (Wildman–Crippen LogP) is 9.18.